The van der Waals surface area contributed by atoms with E-state index >= 15 is 0 Å². The smallest absolute Gasteiger partial charge is 0.219 e. The summed E-state index contributed by atoms with van der Waals surface area (Å²) in [5, 5.41) is 0. The molecule has 1 unspecified atom stereocenters. The summed E-state index contributed by atoms with van der Waals surface area (Å²) in [4.78, 5) is 0. The number of fused-ring (bicyclic) bond motifs is 1. The molecule has 0 saturated heterocycles. The van der Waals surface area contributed by atoms with Crippen LogP contribution in [0, 0.1) is 0 Å². The van der Waals surface area contributed by atoms with Crippen LogP contribution >= 0.6 is 7.44 Å². The molecule has 0 bridgehead atoms. The minimum absolute atomic E-state index is 0.266. The van der Waals surface area contributed by atoms with Gasteiger partial charge in [-0.3, -0.25) is 4.57 Å². The van der Waals surface area contributed by atoms with E-state index in [-0.39, 0.29) is 5.66 Å². The van der Waals surface area contributed by atoms with E-state index in [1.165, 1.54) is 11.1 Å². The fourth-order valence-corrected chi connectivity index (χ4v) is 7.67. The van der Waals surface area contributed by atoms with E-state index in [1.54, 1.807) is 0 Å². The second kappa shape index (κ2) is 7.77. The van der Waals surface area contributed by atoms with Crippen LogP contribution in [0.25, 0.3) is 0 Å². The van der Waals surface area contributed by atoms with Crippen molar-refractivity contribution in [2.75, 3.05) is 26.2 Å². The van der Waals surface area contributed by atoms with Crippen molar-refractivity contribution in [1.82, 2.24) is 9.34 Å². The molecule has 0 heterocycles. The Balaban J connectivity index is 2.36. The molecule has 4 heteroatoms. The number of rotatable bonds is 7. The summed E-state index contributed by atoms with van der Waals surface area (Å²) in [6.45, 7) is 12.0. The number of benzene rings is 1. The van der Waals surface area contributed by atoms with Crippen LogP contribution < -0.4 is 0 Å². The number of hydrogen-bond acceptors (Lipinski definition) is 1. The summed E-state index contributed by atoms with van der Waals surface area (Å²) in [7, 11) is -2.50. The van der Waals surface area contributed by atoms with Crippen LogP contribution in [-0.2, 0) is 17.4 Å². The summed E-state index contributed by atoms with van der Waals surface area (Å²) in [6, 6.07) is 8.68. The molecular formula is C18H31N2OP. The van der Waals surface area contributed by atoms with Crippen molar-refractivity contribution in [1.29, 1.82) is 0 Å². The number of aryl methyl sites for hydroxylation is 1. The molecule has 1 atom stereocenters. The van der Waals surface area contributed by atoms with Crippen molar-refractivity contribution >= 4 is 7.44 Å². The summed E-state index contributed by atoms with van der Waals surface area (Å²) in [5.74, 6) is 0. The van der Waals surface area contributed by atoms with Gasteiger partial charge in [-0.15, -0.1) is 0 Å². The van der Waals surface area contributed by atoms with Crippen molar-refractivity contribution in [2.24, 2.45) is 0 Å². The van der Waals surface area contributed by atoms with Crippen molar-refractivity contribution in [3.05, 3.63) is 35.4 Å². The van der Waals surface area contributed by atoms with E-state index in [1.807, 2.05) is 0 Å². The Labute approximate surface area is 136 Å². The van der Waals surface area contributed by atoms with Crippen molar-refractivity contribution in [2.45, 2.75) is 52.6 Å². The van der Waals surface area contributed by atoms with Crippen LogP contribution in [0.4, 0.5) is 0 Å². The Morgan fingerprint density at radius 1 is 0.955 bits per heavy atom. The van der Waals surface area contributed by atoms with E-state index in [0.29, 0.717) is 0 Å². The van der Waals surface area contributed by atoms with E-state index in [9.17, 15) is 4.57 Å². The van der Waals surface area contributed by atoms with Crippen molar-refractivity contribution in [3.8, 4) is 0 Å². The summed E-state index contributed by atoms with van der Waals surface area (Å²) >= 11 is 0. The topological polar surface area (TPSA) is 23.6 Å². The highest BCUT2D eigenvalue weighted by Gasteiger charge is 2.42. The average molecular weight is 322 g/mol. The normalized spacial score (nSPS) is 18.7. The van der Waals surface area contributed by atoms with Gasteiger partial charge in [0.15, 0.2) is 0 Å². The van der Waals surface area contributed by atoms with Gasteiger partial charge < -0.3 is 0 Å². The van der Waals surface area contributed by atoms with Crippen LogP contribution in [0.2, 0.25) is 0 Å². The van der Waals surface area contributed by atoms with Gasteiger partial charge in [-0.25, -0.2) is 9.34 Å². The lowest BCUT2D eigenvalue weighted by atomic mass is 9.91. The van der Waals surface area contributed by atoms with Gasteiger partial charge in [-0.2, -0.15) is 0 Å². The molecule has 0 radical (unpaired) electrons. The molecule has 0 saturated carbocycles. The van der Waals surface area contributed by atoms with Crippen LogP contribution in [0.3, 0.4) is 0 Å². The number of nitrogens with zero attached hydrogens (tertiary/aromatic N) is 2. The molecule has 0 N–H and O–H groups in total. The predicted octanol–water partition coefficient (Wildman–Crippen LogP) is 4.42. The van der Waals surface area contributed by atoms with Gasteiger partial charge in [0.25, 0.3) is 0 Å². The maximum Gasteiger partial charge on any atom is 0.219 e. The zero-order chi connectivity index (χ0) is 16.2. The SMILES string of the molecule is CCN(CC)P(=O)(C1CCc2ccccc2C1)N(CC)CC. The molecule has 3 nitrogen and oxygen atoms in total. The molecular weight excluding hydrogens is 291 g/mol. The Morgan fingerprint density at radius 2 is 1.45 bits per heavy atom. The van der Waals surface area contributed by atoms with Gasteiger partial charge in [0.1, 0.15) is 0 Å². The first kappa shape index (κ1) is 17.7. The van der Waals surface area contributed by atoms with Crippen LogP contribution in [0.1, 0.15) is 45.2 Å². The highest BCUT2D eigenvalue weighted by atomic mass is 31.2. The molecule has 2 rings (SSSR count). The van der Waals surface area contributed by atoms with Gasteiger partial charge in [0, 0.05) is 31.8 Å². The molecule has 1 aromatic rings. The van der Waals surface area contributed by atoms with Crippen LogP contribution in [0.5, 0.6) is 0 Å². The Kier molecular flexibility index (Phi) is 6.26. The van der Waals surface area contributed by atoms with Gasteiger partial charge >= 0.3 is 0 Å². The number of hydrogen-bond donors (Lipinski definition) is 0. The third kappa shape index (κ3) is 3.18. The minimum Gasteiger partial charge on any atom is -0.288 e. The molecule has 1 aliphatic carbocycles. The first-order valence-corrected chi connectivity index (χ1v) is 10.5. The molecule has 22 heavy (non-hydrogen) atoms. The molecule has 1 aliphatic rings. The highest BCUT2D eigenvalue weighted by molar-refractivity contribution is 7.59. The fraction of sp³-hybridized carbons (Fsp3) is 0.667. The fourth-order valence-electron chi connectivity index (χ4n) is 3.86. The molecule has 0 aromatic heterocycles. The lowest BCUT2D eigenvalue weighted by molar-refractivity contribution is 0.344. The molecule has 0 aliphatic heterocycles. The van der Waals surface area contributed by atoms with Crippen molar-refractivity contribution in [3.63, 3.8) is 0 Å². The molecule has 0 spiro atoms. The molecule has 124 valence electrons. The molecule has 0 amide bonds. The first-order valence-electron chi connectivity index (χ1n) is 8.79. The summed E-state index contributed by atoms with van der Waals surface area (Å²) < 4.78 is 18.6. The Hall–Kier alpha value is -0.630. The van der Waals surface area contributed by atoms with Crippen LogP contribution in [-0.4, -0.2) is 41.2 Å². The maximum absolute atomic E-state index is 14.2. The van der Waals surface area contributed by atoms with Gasteiger partial charge in [0.2, 0.25) is 7.44 Å². The zero-order valence-electron chi connectivity index (χ0n) is 14.6. The second-order valence-corrected chi connectivity index (χ2v) is 9.07. The van der Waals surface area contributed by atoms with E-state index in [2.05, 4.69) is 61.3 Å². The Bertz CT molecular complexity index is 508. The first-order chi connectivity index (χ1) is 10.6. The summed E-state index contributed by atoms with van der Waals surface area (Å²) in [5.41, 5.74) is 3.12. The lowest BCUT2D eigenvalue weighted by Crippen LogP contribution is -2.39. The quantitative estimate of drug-likeness (QED) is 0.694. The predicted molar refractivity (Wildman–Crippen MR) is 95.7 cm³/mol. The van der Waals surface area contributed by atoms with E-state index < -0.39 is 7.44 Å². The minimum atomic E-state index is -2.50. The lowest BCUT2D eigenvalue weighted by Gasteiger charge is -2.44. The van der Waals surface area contributed by atoms with Crippen molar-refractivity contribution < 1.29 is 4.57 Å². The van der Waals surface area contributed by atoms with E-state index in [4.69, 9.17) is 0 Å². The largest absolute Gasteiger partial charge is 0.288 e. The molecule has 0 fully saturated rings. The van der Waals surface area contributed by atoms with Gasteiger partial charge in [-0.1, -0.05) is 52.0 Å². The standard InChI is InChI=1S/C18H31N2OP/c1-5-19(6-2)22(21,20(7-3)8-4)18-14-13-16-11-9-10-12-17(16)15-18/h9-12,18H,5-8,13-15H2,1-4H3. The highest BCUT2D eigenvalue weighted by Crippen LogP contribution is 2.60. The van der Waals surface area contributed by atoms with Gasteiger partial charge in [0.05, 0.1) is 0 Å². The molecule has 1 aromatic carbocycles. The van der Waals surface area contributed by atoms with Crippen LogP contribution in [0.15, 0.2) is 24.3 Å². The van der Waals surface area contributed by atoms with Gasteiger partial charge in [-0.05, 0) is 30.4 Å². The average Bonchev–Trinajstić information content (AvgIpc) is 2.56. The summed E-state index contributed by atoms with van der Waals surface area (Å²) in [6.07, 6.45) is 3.06. The third-order valence-corrected chi connectivity index (χ3v) is 9.21. The second-order valence-electron chi connectivity index (χ2n) is 6.03. The third-order valence-electron chi connectivity index (χ3n) is 5.07. The van der Waals surface area contributed by atoms with E-state index in [0.717, 1.165) is 45.4 Å². The Morgan fingerprint density at radius 3 is 1.95 bits per heavy atom. The maximum atomic E-state index is 14.2. The monoisotopic (exact) mass is 322 g/mol. The zero-order valence-corrected chi connectivity index (χ0v) is 15.5.